The molecule has 44 heavy (non-hydrogen) atoms. The first kappa shape index (κ1) is 54.6. The van der Waals surface area contributed by atoms with Crippen LogP contribution in [0.2, 0.25) is 6.82 Å². The molecule has 0 fully saturated rings. The molecule has 0 amide bonds. The van der Waals surface area contributed by atoms with E-state index in [0.29, 0.717) is 23.3 Å². The van der Waals surface area contributed by atoms with Crippen molar-refractivity contribution >= 4 is 139 Å². The zero-order valence-corrected chi connectivity index (χ0v) is 39.3. The number of anilines is 4. The average Bonchev–Trinajstić information content (AvgIpc) is 2.89. The number of halogens is 5. The molecule has 0 saturated heterocycles. The third kappa shape index (κ3) is 34.5. The van der Waals surface area contributed by atoms with Crippen molar-refractivity contribution in [2.45, 2.75) is 20.7 Å². The van der Waals surface area contributed by atoms with Crippen LogP contribution in [0.5, 0.6) is 0 Å². The number of nitrogen functional groups attached to an aromatic ring is 4. The topological polar surface area (TPSA) is 237 Å². The Morgan fingerprint density at radius 1 is 0.773 bits per heavy atom. The van der Waals surface area contributed by atoms with Crippen LogP contribution in [0.25, 0.3) is 0 Å². The van der Waals surface area contributed by atoms with E-state index in [1.807, 2.05) is 38.1 Å². The summed E-state index contributed by atoms with van der Waals surface area (Å²) < 4.78 is 3.90. The van der Waals surface area contributed by atoms with Gasteiger partial charge in [-0.3, -0.25) is 4.98 Å². The maximum absolute atomic E-state index is 7.61. The van der Waals surface area contributed by atoms with E-state index in [2.05, 4.69) is 103 Å². The molecule has 12 N–H and O–H groups in total. The van der Waals surface area contributed by atoms with Crippen molar-refractivity contribution in [3.05, 3.63) is 88.4 Å². The van der Waals surface area contributed by atoms with Crippen LogP contribution in [0, 0.1) is 27.1 Å². The van der Waals surface area contributed by atoms with E-state index >= 15 is 0 Å². The Labute approximate surface area is 370 Å². The third-order valence-electron chi connectivity index (χ3n) is 3.45. The van der Waals surface area contributed by atoms with Crippen molar-refractivity contribution < 1.29 is 85.5 Å². The van der Waals surface area contributed by atoms with Crippen molar-refractivity contribution in [3.63, 3.8) is 0 Å². The first-order chi connectivity index (χ1) is 19.1. The van der Waals surface area contributed by atoms with Gasteiger partial charge in [-0.15, -0.1) is 30.9 Å². The first-order valence-electron chi connectivity index (χ1n) is 11.0. The summed E-state index contributed by atoms with van der Waals surface area (Å²) in [4.78, 5) is 15.5. The van der Waals surface area contributed by atoms with Gasteiger partial charge in [0.2, 0.25) is 0 Å². The van der Waals surface area contributed by atoms with Crippen LogP contribution in [-0.2, 0) is 65.4 Å². The predicted octanol–water partition coefficient (Wildman–Crippen LogP) is 4.01. The zero-order valence-electron chi connectivity index (χ0n) is 23.8. The fourth-order valence-electron chi connectivity index (χ4n) is 1.79. The van der Waals surface area contributed by atoms with E-state index < -0.39 is 7.12 Å². The minimum Gasteiger partial charge on any atom is -0.429 e. The second-order valence-corrected chi connectivity index (χ2v) is 11.4. The molecule has 21 heteroatoms. The van der Waals surface area contributed by atoms with Gasteiger partial charge in [-0.2, -0.15) is 5.56 Å². The Hall–Kier alpha value is 1.13. The summed E-state index contributed by atoms with van der Waals surface area (Å²) in [5.74, 6) is 2.11. The maximum Gasteiger partial charge on any atom is 0.482 e. The SMILES string of the molecule is CB(O)O.Cc1c[c-]c(N)nc1.Cc1cnc(N)c(Br)c1.I.Nc1ccc(I)cn1.Nc1ncc(I)cc1Br.O[B]O.[Y].[Y]. The molecule has 235 valence electrons. The van der Waals surface area contributed by atoms with Gasteiger partial charge in [0, 0.05) is 97.0 Å². The number of aryl methyl sites for hydroxylation is 2. The van der Waals surface area contributed by atoms with Gasteiger partial charge in [0.25, 0.3) is 0 Å². The number of nitrogens with two attached hydrogens (primary N) is 4. The maximum atomic E-state index is 7.61. The molecule has 0 unspecified atom stereocenters. The van der Waals surface area contributed by atoms with Gasteiger partial charge in [0.1, 0.15) is 17.5 Å². The van der Waals surface area contributed by atoms with Gasteiger partial charge in [-0.25, -0.2) is 27.1 Å². The minimum atomic E-state index is -1.17. The molecule has 0 bridgehead atoms. The number of aromatic nitrogens is 4. The van der Waals surface area contributed by atoms with E-state index in [-0.39, 0.29) is 97.1 Å². The predicted molar refractivity (Wildman–Crippen MR) is 205 cm³/mol. The van der Waals surface area contributed by atoms with E-state index in [9.17, 15) is 0 Å². The second kappa shape index (κ2) is 34.0. The fraction of sp³-hybridized carbons (Fsp3) is 0.130. The Balaban J connectivity index is -0.000000141. The molecule has 0 aliphatic rings. The molecular formula is C23H31B2Br2I3N8O4Y2-. The number of hydrogen-bond donors (Lipinski definition) is 8. The van der Waals surface area contributed by atoms with Crippen molar-refractivity contribution in [1.29, 1.82) is 0 Å². The van der Waals surface area contributed by atoms with Crippen LogP contribution in [0.15, 0.2) is 64.1 Å². The molecule has 4 heterocycles. The van der Waals surface area contributed by atoms with Crippen LogP contribution in [0.3, 0.4) is 0 Å². The van der Waals surface area contributed by atoms with Crippen LogP contribution in [-0.4, -0.2) is 54.8 Å². The van der Waals surface area contributed by atoms with Gasteiger partial charge >= 0.3 is 14.8 Å². The summed E-state index contributed by atoms with van der Waals surface area (Å²) >= 11 is 10.9. The molecule has 0 atom stereocenters. The zero-order chi connectivity index (χ0) is 32.0. The fourth-order valence-corrected chi connectivity index (χ4v) is 3.80. The molecule has 0 aliphatic heterocycles. The van der Waals surface area contributed by atoms with Crippen molar-refractivity contribution in [3.8, 4) is 0 Å². The van der Waals surface area contributed by atoms with E-state index in [4.69, 9.17) is 43.0 Å². The Kier molecular flexibility index (Phi) is 42.2. The summed E-state index contributed by atoms with van der Waals surface area (Å²) in [5.41, 5.74) is 23.6. The summed E-state index contributed by atoms with van der Waals surface area (Å²) in [6, 6.07) is 12.1. The summed E-state index contributed by atoms with van der Waals surface area (Å²) in [6.07, 6.45) is 6.91. The van der Waals surface area contributed by atoms with Gasteiger partial charge in [-0.05, 0) is 121 Å². The Bertz CT molecular complexity index is 1130. The average molecular weight is 1220 g/mol. The van der Waals surface area contributed by atoms with Gasteiger partial charge in [0.15, 0.2) is 0 Å². The van der Waals surface area contributed by atoms with Crippen LogP contribution < -0.4 is 22.9 Å². The summed E-state index contributed by atoms with van der Waals surface area (Å²) in [5, 5.41) is 29.2. The quantitative estimate of drug-likeness (QED) is 0.0709. The number of hydrogen-bond acceptors (Lipinski definition) is 12. The molecule has 4 aromatic heterocycles. The molecule has 3 radical (unpaired) electrons. The van der Waals surface area contributed by atoms with E-state index in [0.717, 1.165) is 27.2 Å². The molecule has 4 aromatic rings. The largest absolute Gasteiger partial charge is 0.482 e. The number of pyridine rings is 4. The summed E-state index contributed by atoms with van der Waals surface area (Å²) in [6.45, 7) is 5.19. The van der Waals surface area contributed by atoms with Crippen molar-refractivity contribution in [1.82, 2.24) is 19.9 Å². The number of rotatable bonds is 0. The third-order valence-corrected chi connectivity index (χ3v) is 5.95. The van der Waals surface area contributed by atoms with Gasteiger partial charge in [-0.1, -0.05) is 6.20 Å². The molecule has 4 rings (SSSR count). The van der Waals surface area contributed by atoms with Gasteiger partial charge < -0.3 is 43.0 Å². The standard InChI is InChI=1S/C6H7BrN2.C6H7N2.C5H4BrIN2.C5H5IN2.CH5BO2.BH2O2.HI.2Y/c1-4-2-5(7)6(8)9-3-4;1-5-2-3-6(7)8-4-5;6-4-1-3(7)2-9-5(4)8;6-4-1-2-5(7)8-3-4;1-2(3)4;2-1-3;;;/h2-3H,1H3,(H2,8,9);2,4H,1H3,(H2,7,8);1-2H,(H2,8,9);1-3H,(H2,7,8);3-4H,1H3;2-3H;1H;;/q;-1;;;;;;;. The van der Waals surface area contributed by atoms with E-state index in [1.54, 1.807) is 30.9 Å². The Morgan fingerprint density at radius 2 is 1.20 bits per heavy atom. The van der Waals surface area contributed by atoms with Crippen LogP contribution in [0.4, 0.5) is 23.3 Å². The smallest absolute Gasteiger partial charge is 0.429 e. The minimum absolute atomic E-state index is 0. The monoisotopic (exact) mass is 1220 g/mol. The summed E-state index contributed by atoms with van der Waals surface area (Å²) in [7, 11) is -1.17. The first-order valence-corrected chi connectivity index (χ1v) is 14.7. The second-order valence-electron chi connectivity index (χ2n) is 7.23. The molecule has 0 saturated carbocycles. The molecular weight excluding hydrogens is 1190 g/mol. The van der Waals surface area contributed by atoms with Crippen LogP contribution in [0.1, 0.15) is 11.1 Å². The van der Waals surface area contributed by atoms with Crippen LogP contribution >= 0.6 is 101 Å². The van der Waals surface area contributed by atoms with Crippen molar-refractivity contribution in [2.75, 3.05) is 22.9 Å². The molecule has 12 nitrogen and oxygen atoms in total. The molecule has 0 aromatic carbocycles. The normalized spacial score (nSPS) is 8.16. The van der Waals surface area contributed by atoms with Crippen molar-refractivity contribution in [2.24, 2.45) is 0 Å². The Morgan fingerprint density at radius 3 is 1.50 bits per heavy atom. The number of nitrogens with zero attached hydrogens (tertiary/aromatic N) is 4. The van der Waals surface area contributed by atoms with Gasteiger partial charge in [0.05, 0.1) is 8.95 Å². The molecule has 0 aliphatic carbocycles. The molecule has 0 spiro atoms. The van der Waals surface area contributed by atoms with E-state index in [1.165, 1.54) is 6.82 Å².